The molecule has 0 radical (unpaired) electrons. The van der Waals surface area contributed by atoms with E-state index in [9.17, 15) is 13.5 Å². The second-order valence-corrected chi connectivity index (χ2v) is 9.48. The van der Waals surface area contributed by atoms with E-state index in [0.717, 1.165) is 26.1 Å². The fraction of sp³-hybridized carbons (Fsp3) is 1.00. The maximum Gasteiger partial charge on any atom is 0.261 e. The molecule has 0 aliphatic rings. The Hall–Kier alpha value is -0.170. The smallest absolute Gasteiger partial charge is 0.261 e. The van der Waals surface area contributed by atoms with Crippen LogP contribution in [0, 0.1) is 0 Å². The molecule has 0 aliphatic carbocycles. The van der Waals surface area contributed by atoms with Crippen LogP contribution in [0.4, 0.5) is 0 Å². The maximum atomic E-state index is 10.2. The average Bonchev–Trinajstić information content (AvgIpc) is 2.58. The third kappa shape index (κ3) is 30.6. The van der Waals surface area contributed by atoms with Crippen LogP contribution in [-0.2, 0) is 10.1 Å². The molecule has 2 N–H and O–H groups in total. The van der Waals surface area contributed by atoms with Gasteiger partial charge in [0.25, 0.3) is 10.1 Å². The minimum atomic E-state index is -3.67. The van der Waals surface area contributed by atoms with Crippen LogP contribution in [-0.4, -0.2) is 55.0 Å². The van der Waals surface area contributed by atoms with Gasteiger partial charge < -0.3 is 10.0 Å². The van der Waals surface area contributed by atoms with Gasteiger partial charge in [0.2, 0.25) is 0 Å². The topological polar surface area (TPSA) is 77.8 Å². The lowest BCUT2D eigenvalue weighted by Gasteiger charge is -2.24. The molecule has 0 fully saturated rings. The van der Waals surface area contributed by atoms with E-state index in [0.29, 0.717) is 6.26 Å². The Labute approximate surface area is 176 Å². The maximum absolute atomic E-state index is 10.2. The Morgan fingerprint density at radius 1 is 0.714 bits per heavy atom. The van der Waals surface area contributed by atoms with Crippen LogP contribution in [0.1, 0.15) is 111 Å². The van der Waals surface area contributed by atoms with Gasteiger partial charge >= 0.3 is 0 Å². The third-order valence-corrected chi connectivity index (χ3v) is 4.69. The summed E-state index contributed by atoms with van der Waals surface area (Å²) in [5, 5.41) is 10.2. The quantitative estimate of drug-likeness (QED) is 0.219. The number of hydrogen-bond acceptors (Lipinski definition) is 4. The van der Waals surface area contributed by atoms with Gasteiger partial charge in [0, 0.05) is 6.54 Å². The molecule has 0 bridgehead atoms. The highest BCUT2D eigenvalue weighted by atomic mass is 32.2. The van der Waals surface area contributed by atoms with E-state index in [2.05, 4.69) is 25.7 Å². The van der Waals surface area contributed by atoms with Gasteiger partial charge in [-0.3, -0.25) is 4.55 Å². The number of aliphatic hydroxyl groups excluding tert-OH is 1. The Balaban J connectivity index is 0. The number of aliphatic hydroxyl groups is 1. The molecule has 0 rings (SSSR count). The number of rotatable bonds is 18. The van der Waals surface area contributed by atoms with Gasteiger partial charge in [-0.05, 0) is 32.4 Å². The molecule has 0 saturated carbocycles. The van der Waals surface area contributed by atoms with Crippen molar-refractivity contribution in [3.05, 3.63) is 0 Å². The molecule has 0 aromatic rings. The number of unbranched alkanes of at least 4 members (excludes halogenated alkanes) is 10. The average molecular weight is 424 g/mol. The van der Waals surface area contributed by atoms with E-state index >= 15 is 0 Å². The first-order valence-corrected chi connectivity index (χ1v) is 13.4. The summed E-state index contributed by atoms with van der Waals surface area (Å²) in [5.74, 6) is 0. The van der Waals surface area contributed by atoms with Crippen molar-refractivity contribution in [3.63, 3.8) is 0 Å². The van der Waals surface area contributed by atoms with Crippen molar-refractivity contribution in [2.45, 2.75) is 117 Å². The summed E-state index contributed by atoms with van der Waals surface area (Å²) in [6.45, 7) is 9.85. The van der Waals surface area contributed by atoms with Gasteiger partial charge in [0.15, 0.2) is 0 Å². The summed E-state index contributed by atoms with van der Waals surface area (Å²) in [6.07, 6.45) is 19.1. The van der Waals surface area contributed by atoms with Crippen molar-refractivity contribution in [1.82, 2.24) is 4.90 Å². The highest BCUT2D eigenvalue weighted by Crippen LogP contribution is 2.13. The molecule has 0 spiro atoms. The predicted octanol–water partition coefficient (Wildman–Crippen LogP) is 5.67. The molecule has 1 unspecified atom stereocenters. The molecular formula is C22H49NO4S. The van der Waals surface area contributed by atoms with Crippen molar-refractivity contribution < 1.29 is 18.1 Å². The van der Waals surface area contributed by atoms with E-state index in [4.69, 9.17) is 4.55 Å². The fourth-order valence-electron chi connectivity index (χ4n) is 3.36. The summed E-state index contributed by atoms with van der Waals surface area (Å²) in [5.41, 5.74) is 0. The first-order valence-electron chi connectivity index (χ1n) is 11.6. The second-order valence-electron chi connectivity index (χ2n) is 8.01. The monoisotopic (exact) mass is 423 g/mol. The van der Waals surface area contributed by atoms with Crippen LogP contribution in [0.25, 0.3) is 0 Å². The van der Waals surface area contributed by atoms with Gasteiger partial charge in [-0.1, -0.05) is 91.4 Å². The Bertz CT molecular complexity index is 387. The van der Waals surface area contributed by atoms with Crippen molar-refractivity contribution in [1.29, 1.82) is 0 Å². The largest absolute Gasteiger partial charge is 0.392 e. The van der Waals surface area contributed by atoms with Gasteiger partial charge in [0.1, 0.15) is 0 Å². The fourth-order valence-corrected chi connectivity index (χ4v) is 3.36. The minimum Gasteiger partial charge on any atom is -0.392 e. The molecular weight excluding hydrogens is 374 g/mol. The van der Waals surface area contributed by atoms with Crippen LogP contribution in [0.3, 0.4) is 0 Å². The Morgan fingerprint density at radius 3 is 1.43 bits per heavy atom. The number of nitrogens with zero attached hydrogens (tertiary/aromatic N) is 1. The van der Waals surface area contributed by atoms with Crippen LogP contribution < -0.4 is 0 Å². The molecule has 0 aliphatic heterocycles. The van der Waals surface area contributed by atoms with Crippen molar-refractivity contribution in [2.24, 2.45) is 0 Å². The molecule has 0 amide bonds. The van der Waals surface area contributed by atoms with Gasteiger partial charge in [-0.15, -0.1) is 0 Å². The SMILES string of the molecule is CCCCCCCCCCCCCC(O)CN(CCC)CCC.CS(=O)(=O)O. The van der Waals surface area contributed by atoms with Gasteiger partial charge in [0.05, 0.1) is 12.4 Å². The van der Waals surface area contributed by atoms with Crippen LogP contribution in [0.5, 0.6) is 0 Å². The van der Waals surface area contributed by atoms with Gasteiger partial charge in [-0.25, -0.2) is 0 Å². The molecule has 5 nitrogen and oxygen atoms in total. The Morgan fingerprint density at radius 2 is 1.07 bits per heavy atom. The molecule has 0 heterocycles. The number of hydrogen-bond donors (Lipinski definition) is 2. The van der Waals surface area contributed by atoms with Crippen molar-refractivity contribution in [3.8, 4) is 0 Å². The second kappa shape index (κ2) is 21.5. The zero-order chi connectivity index (χ0) is 21.7. The summed E-state index contributed by atoms with van der Waals surface area (Å²) < 4.78 is 25.9. The Kier molecular flexibility index (Phi) is 23.1. The molecule has 172 valence electrons. The molecule has 1 atom stereocenters. The molecule has 0 aromatic carbocycles. The lowest BCUT2D eigenvalue weighted by atomic mass is 10.0. The minimum absolute atomic E-state index is 0.119. The zero-order valence-electron chi connectivity index (χ0n) is 19.2. The van der Waals surface area contributed by atoms with E-state index in [1.54, 1.807) is 0 Å². The van der Waals surface area contributed by atoms with Crippen LogP contribution >= 0.6 is 0 Å². The highest BCUT2D eigenvalue weighted by Gasteiger charge is 2.10. The summed E-state index contributed by atoms with van der Waals surface area (Å²) in [4.78, 5) is 2.42. The summed E-state index contributed by atoms with van der Waals surface area (Å²) in [7, 11) is -3.67. The molecule has 0 saturated heterocycles. The molecule has 0 aromatic heterocycles. The van der Waals surface area contributed by atoms with E-state index < -0.39 is 10.1 Å². The first kappa shape index (κ1) is 30.0. The van der Waals surface area contributed by atoms with Crippen LogP contribution in [0.2, 0.25) is 0 Å². The predicted molar refractivity (Wildman–Crippen MR) is 122 cm³/mol. The van der Waals surface area contributed by atoms with Crippen molar-refractivity contribution in [2.75, 3.05) is 25.9 Å². The first-order chi connectivity index (χ1) is 13.2. The van der Waals surface area contributed by atoms with E-state index in [1.165, 1.54) is 83.5 Å². The van der Waals surface area contributed by atoms with E-state index in [-0.39, 0.29) is 6.10 Å². The molecule has 6 heteroatoms. The highest BCUT2D eigenvalue weighted by molar-refractivity contribution is 7.85. The summed E-state index contributed by atoms with van der Waals surface area (Å²) >= 11 is 0. The van der Waals surface area contributed by atoms with E-state index in [1.807, 2.05) is 0 Å². The zero-order valence-corrected chi connectivity index (χ0v) is 20.0. The van der Waals surface area contributed by atoms with Gasteiger partial charge in [-0.2, -0.15) is 8.42 Å². The molecule has 28 heavy (non-hydrogen) atoms. The lowest BCUT2D eigenvalue weighted by Crippen LogP contribution is -2.33. The third-order valence-electron chi connectivity index (χ3n) is 4.69. The normalized spacial score (nSPS) is 12.7. The standard InChI is InChI=1S/C21H45NO.CH4O3S/c1-4-7-8-9-10-11-12-13-14-15-16-17-21(23)20-22(18-5-2)19-6-3;1-5(2,3)4/h21,23H,4-20H2,1-3H3;1H3,(H,2,3,4). The van der Waals surface area contributed by atoms with Crippen molar-refractivity contribution >= 4 is 10.1 Å². The summed E-state index contributed by atoms with van der Waals surface area (Å²) in [6, 6.07) is 0. The van der Waals surface area contributed by atoms with Crippen LogP contribution in [0.15, 0.2) is 0 Å². The lowest BCUT2D eigenvalue weighted by molar-refractivity contribution is 0.103.